The van der Waals surface area contributed by atoms with Gasteiger partial charge in [-0.1, -0.05) is 51.9 Å². The summed E-state index contributed by atoms with van der Waals surface area (Å²) in [4.78, 5) is 12.8. The van der Waals surface area contributed by atoms with Crippen LogP contribution >= 0.6 is 27.3 Å². The van der Waals surface area contributed by atoms with Gasteiger partial charge < -0.3 is 0 Å². The Labute approximate surface area is 146 Å². The smallest absolute Gasteiger partial charge is 0.240 e. The number of hydrogen-bond acceptors (Lipinski definition) is 3. The summed E-state index contributed by atoms with van der Waals surface area (Å²) in [5.41, 5.74) is 3.50. The third-order valence-electron chi connectivity index (χ3n) is 3.54. The Morgan fingerprint density at radius 1 is 1.14 bits per heavy atom. The number of amides is 1. The van der Waals surface area contributed by atoms with Crippen LogP contribution in [0.4, 0.5) is 0 Å². The summed E-state index contributed by atoms with van der Waals surface area (Å²) >= 11 is 5.04. The Morgan fingerprint density at radius 2 is 1.77 bits per heavy atom. The number of carbonyl (C=O) groups is 1. The van der Waals surface area contributed by atoms with Gasteiger partial charge in [0.25, 0.3) is 0 Å². The number of hydrazone groups is 1. The molecule has 0 bridgehead atoms. The Balaban J connectivity index is 2.08. The van der Waals surface area contributed by atoms with Gasteiger partial charge in [0.2, 0.25) is 5.91 Å². The first-order valence-electron chi connectivity index (χ1n) is 8.22. The zero-order valence-electron chi connectivity index (χ0n) is 13.7. The molecule has 0 aromatic carbocycles. The molecule has 0 spiro atoms. The third kappa shape index (κ3) is 8.69. The summed E-state index contributed by atoms with van der Waals surface area (Å²) in [6.07, 6.45) is 10.5. The van der Waals surface area contributed by atoms with Crippen molar-refractivity contribution in [3.05, 3.63) is 20.8 Å². The fraction of sp³-hybridized carbons (Fsp3) is 0.647. The van der Waals surface area contributed by atoms with Gasteiger partial charge in [0, 0.05) is 6.42 Å². The van der Waals surface area contributed by atoms with Gasteiger partial charge in [0.1, 0.15) is 0 Å². The molecule has 0 saturated heterocycles. The van der Waals surface area contributed by atoms with Crippen molar-refractivity contribution in [2.75, 3.05) is 0 Å². The molecule has 1 aromatic rings. The molecule has 1 amide bonds. The van der Waals surface area contributed by atoms with Gasteiger partial charge >= 0.3 is 0 Å². The molecule has 0 fully saturated rings. The van der Waals surface area contributed by atoms with E-state index in [0.29, 0.717) is 6.42 Å². The molecule has 0 aliphatic carbocycles. The average Bonchev–Trinajstić information content (AvgIpc) is 2.94. The van der Waals surface area contributed by atoms with Crippen LogP contribution in [0.25, 0.3) is 0 Å². The van der Waals surface area contributed by atoms with E-state index in [2.05, 4.69) is 33.4 Å². The molecule has 1 rings (SSSR count). The molecular formula is C17H27BrN2OS. The zero-order valence-corrected chi connectivity index (χ0v) is 16.1. The van der Waals surface area contributed by atoms with E-state index in [1.54, 1.807) is 11.3 Å². The highest BCUT2D eigenvalue weighted by Gasteiger charge is 2.03. The van der Waals surface area contributed by atoms with E-state index in [4.69, 9.17) is 0 Å². The van der Waals surface area contributed by atoms with E-state index in [9.17, 15) is 4.79 Å². The Bertz CT molecular complexity index is 471. The van der Waals surface area contributed by atoms with Crippen LogP contribution in [0, 0.1) is 0 Å². The van der Waals surface area contributed by atoms with Crippen molar-refractivity contribution in [2.24, 2.45) is 5.10 Å². The molecule has 0 aliphatic heterocycles. The van der Waals surface area contributed by atoms with Crippen molar-refractivity contribution < 1.29 is 4.79 Å². The molecule has 3 nitrogen and oxygen atoms in total. The van der Waals surface area contributed by atoms with Crippen LogP contribution in [0.15, 0.2) is 21.0 Å². The molecule has 1 aromatic heterocycles. The first-order valence-corrected chi connectivity index (χ1v) is 9.83. The van der Waals surface area contributed by atoms with E-state index in [1.165, 1.54) is 38.5 Å². The number of unbranched alkanes of at least 4 members (excludes halogenated alkanes) is 7. The quantitative estimate of drug-likeness (QED) is 0.287. The topological polar surface area (TPSA) is 41.5 Å². The highest BCUT2D eigenvalue weighted by molar-refractivity contribution is 9.11. The third-order valence-corrected chi connectivity index (χ3v) is 5.27. The molecule has 0 saturated carbocycles. The second-order valence-corrected chi connectivity index (χ2v) is 8.02. The van der Waals surface area contributed by atoms with Crippen molar-refractivity contribution >= 4 is 38.9 Å². The summed E-state index contributed by atoms with van der Waals surface area (Å²) in [5, 5.41) is 4.16. The first kappa shape index (κ1) is 19.4. The lowest BCUT2D eigenvalue weighted by atomic mass is 10.1. The highest BCUT2D eigenvalue weighted by atomic mass is 79.9. The lowest BCUT2D eigenvalue weighted by molar-refractivity contribution is -0.121. The predicted molar refractivity (Wildman–Crippen MR) is 99.6 cm³/mol. The van der Waals surface area contributed by atoms with Gasteiger partial charge in [-0.2, -0.15) is 5.10 Å². The van der Waals surface area contributed by atoms with Crippen molar-refractivity contribution in [1.29, 1.82) is 0 Å². The van der Waals surface area contributed by atoms with Crippen LogP contribution in [-0.2, 0) is 4.79 Å². The number of nitrogens with zero attached hydrogens (tertiary/aromatic N) is 1. The summed E-state index contributed by atoms with van der Waals surface area (Å²) in [7, 11) is 0. The number of rotatable bonds is 11. The lowest BCUT2D eigenvalue weighted by Crippen LogP contribution is -2.18. The van der Waals surface area contributed by atoms with Crippen molar-refractivity contribution in [3.8, 4) is 0 Å². The van der Waals surface area contributed by atoms with E-state index in [0.717, 1.165) is 27.2 Å². The molecule has 22 heavy (non-hydrogen) atoms. The van der Waals surface area contributed by atoms with Crippen LogP contribution in [0.3, 0.4) is 0 Å². The monoisotopic (exact) mass is 386 g/mol. The maximum atomic E-state index is 11.7. The van der Waals surface area contributed by atoms with Crippen LogP contribution in [0.2, 0.25) is 0 Å². The first-order chi connectivity index (χ1) is 10.6. The molecular weight excluding hydrogens is 360 g/mol. The summed E-state index contributed by atoms with van der Waals surface area (Å²) < 4.78 is 1.07. The minimum absolute atomic E-state index is 0.0148. The number of nitrogens with one attached hydrogen (secondary N) is 1. The summed E-state index contributed by atoms with van der Waals surface area (Å²) in [5.74, 6) is 0.0148. The van der Waals surface area contributed by atoms with E-state index in [-0.39, 0.29) is 5.91 Å². The maximum Gasteiger partial charge on any atom is 0.240 e. The number of carbonyl (C=O) groups excluding carboxylic acids is 1. The second kappa shape index (κ2) is 11.8. The molecule has 0 atom stereocenters. The van der Waals surface area contributed by atoms with E-state index < -0.39 is 0 Å². The molecule has 5 heteroatoms. The molecule has 124 valence electrons. The van der Waals surface area contributed by atoms with Crippen molar-refractivity contribution in [1.82, 2.24) is 5.43 Å². The van der Waals surface area contributed by atoms with Crippen LogP contribution in [0.5, 0.6) is 0 Å². The number of halogens is 1. The van der Waals surface area contributed by atoms with Gasteiger partial charge in [0.05, 0.1) is 14.4 Å². The molecule has 0 unspecified atom stereocenters. The number of hydrogen-bond donors (Lipinski definition) is 1. The Morgan fingerprint density at radius 3 is 2.36 bits per heavy atom. The van der Waals surface area contributed by atoms with E-state index >= 15 is 0 Å². The molecule has 1 heterocycles. The van der Waals surface area contributed by atoms with Gasteiger partial charge in [-0.15, -0.1) is 11.3 Å². The van der Waals surface area contributed by atoms with Gasteiger partial charge in [0.15, 0.2) is 0 Å². The number of thiophene rings is 1. The molecule has 0 radical (unpaired) electrons. The van der Waals surface area contributed by atoms with Crippen LogP contribution in [0.1, 0.15) is 76.5 Å². The van der Waals surface area contributed by atoms with Gasteiger partial charge in [-0.25, -0.2) is 5.43 Å². The van der Waals surface area contributed by atoms with Crippen LogP contribution in [-0.4, -0.2) is 11.6 Å². The van der Waals surface area contributed by atoms with Gasteiger partial charge in [-0.3, -0.25) is 4.79 Å². The fourth-order valence-electron chi connectivity index (χ4n) is 2.19. The Hall–Kier alpha value is -0.680. The predicted octanol–water partition coefficient (Wildman–Crippen LogP) is 5.88. The summed E-state index contributed by atoms with van der Waals surface area (Å²) in [6.45, 7) is 4.15. The SMILES string of the molecule is CCCCCCCCCCC(=O)NN=C(C)c1ccc(Br)s1. The van der Waals surface area contributed by atoms with Crippen molar-refractivity contribution in [2.45, 2.75) is 71.6 Å². The van der Waals surface area contributed by atoms with E-state index in [1.807, 2.05) is 19.1 Å². The Kier molecular flexibility index (Phi) is 10.4. The standard InChI is InChI=1S/C17H27BrN2OS/c1-3-4-5-6-7-8-9-10-11-17(21)20-19-14(2)15-12-13-16(18)22-15/h12-13H,3-11H2,1-2H3,(H,20,21). The minimum atomic E-state index is 0.0148. The minimum Gasteiger partial charge on any atom is -0.273 e. The van der Waals surface area contributed by atoms with Gasteiger partial charge in [-0.05, 0) is 41.4 Å². The summed E-state index contributed by atoms with van der Waals surface area (Å²) in [6, 6.07) is 3.99. The highest BCUT2D eigenvalue weighted by Crippen LogP contribution is 2.22. The van der Waals surface area contributed by atoms with Crippen molar-refractivity contribution in [3.63, 3.8) is 0 Å². The van der Waals surface area contributed by atoms with Crippen LogP contribution < -0.4 is 5.43 Å². The molecule has 0 aliphatic rings. The lowest BCUT2D eigenvalue weighted by Gasteiger charge is -2.02. The molecule has 1 N–H and O–H groups in total. The largest absolute Gasteiger partial charge is 0.273 e. The zero-order chi connectivity index (χ0) is 16.2. The average molecular weight is 387 g/mol. The fourth-order valence-corrected chi connectivity index (χ4v) is 3.52. The normalized spacial score (nSPS) is 11.7. The maximum absolute atomic E-state index is 11.7. The second-order valence-electron chi connectivity index (χ2n) is 5.56.